The highest BCUT2D eigenvalue weighted by atomic mass is 32.2. The number of nitrogens with zero attached hydrogens (tertiary/aromatic N) is 1. The molecule has 0 spiro atoms. The first-order chi connectivity index (χ1) is 8.41. The van der Waals surface area contributed by atoms with Crippen LogP contribution in [-0.2, 0) is 14.6 Å². The third-order valence-electron chi connectivity index (χ3n) is 2.65. The minimum Gasteiger partial charge on any atom is -0.441 e. The van der Waals surface area contributed by atoms with E-state index in [-0.39, 0.29) is 18.0 Å². The topological polar surface area (TPSA) is 83.9 Å². The molecule has 1 aliphatic rings. The summed E-state index contributed by atoms with van der Waals surface area (Å²) < 4.78 is 27.5. The summed E-state index contributed by atoms with van der Waals surface area (Å²) in [5, 5.41) is 8.92. The van der Waals surface area contributed by atoms with Crippen molar-refractivity contribution in [3.63, 3.8) is 0 Å². The van der Waals surface area contributed by atoms with Gasteiger partial charge in [0.1, 0.15) is 6.10 Å². The summed E-state index contributed by atoms with van der Waals surface area (Å²) in [5.41, 5.74) is 0.545. The maximum Gasteiger partial charge on any atom is 0.414 e. The average Bonchev–Trinajstić information content (AvgIpc) is 2.70. The number of rotatable bonds is 3. The smallest absolute Gasteiger partial charge is 0.414 e. The van der Waals surface area contributed by atoms with Gasteiger partial charge in [-0.15, -0.1) is 0 Å². The predicted molar refractivity (Wildman–Crippen MR) is 64.3 cm³/mol. The minimum absolute atomic E-state index is 0.192. The van der Waals surface area contributed by atoms with Crippen molar-refractivity contribution in [2.45, 2.75) is 11.0 Å². The summed E-state index contributed by atoms with van der Waals surface area (Å²) in [6, 6.07) is 5.95. The van der Waals surface area contributed by atoms with Crippen molar-refractivity contribution in [3.8, 4) is 0 Å². The molecule has 6 nitrogen and oxygen atoms in total. The summed E-state index contributed by atoms with van der Waals surface area (Å²) in [4.78, 5) is 13.0. The highest BCUT2D eigenvalue weighted by Crippen LogP contribution is 2.23. The van der Waals surface area contributed by atoms with E-state index >= 15 is 0 Å². The zero-order chi connectivity index (χ0) is 13.3. The summed E-state index contributed by atoms with van der Waals surface area (Å²) in [7, 11) is -3.25. The molecule has 1 atom stereocenters. The lowest BCUT2D eigenvalue weighted by Crippen LogP contribution is -2.25. The molecule has 0 aliphatic carbocycles. The standard InChI is InChI=1S/C11H13NO5S/c1-18(15,16)10-4-2-8(3-5-10)12-6-9(7-13)17-11(12)14/h2-5,9,13H,6-7H2,1H3/t9-/m1/s1. The van der Waals surface area contributed by atoms with Gasteiger partial charge in [0.15, 0.2) is 9.84 Å². The molecule has 1 amide bonds. The summed E-state index contributed by atoms with van der Waals surface area (Å²) in [6.45, 7) is 0.0250. The van der Waals surface area contributed by atoms with Crippen LogP contribution in [0.25, 0.3) is 0 Å². The van der Waals surface area contributed by atoms with Crippen LogP contribution in [0.15, 0.2) is 29.2 Å². The molecule has 18 heavy (non-hydrogen) atoms. The number of hydrogen-bond acceptors (Lipinski definition) is 5. The Labute approximate surface area is 105 Å². The van der Waals surface area contributed by atoms with Gasteiger partial charge in [0.2, 0.25) is 0 Å². The molecule has 0 bridgehead atoms. The van der Waals surface area contributed by atoms with Gasteiger partial charge in [-0.25, -0.2) is 13.2 Å². The Kier molecular flexibility index (Phi) is 3.27. The van der Waals surface area contributed by atoms with Crippen molar-refractivity contribution in [3.05, 3.63) is 24.3 Å². The maximum absolute atomic E-state index is 11.5. The Balaban J connectivity index is 2.23. The fraction of sp³-hybridized carbons (Fsp3) is 0.364. The molecular formula is C11H13NO5S. The van der Waals surface area contributed by atoms with Gasteiger partial charge in [-0.2, -0.15) is 0 Å². The van der Waals surface area contributed by atoms with Crippen LogP contribution in [0.5, 0.6) is 0 Å². The van der Waals surface area contributed by atoms with Crippen LogP contribution in [0.4, 0.5) is 10.5 Å². The maximum atomic E-state index is 11.5. The van der Waals surface area contributed by atoms with E-state index in [0.717, 1.165) is 6.26 Å². The van der Waals surface area contributed by atoms with Crippen molar-refractivity contribution < 1.29 is 23.1 Å². The van der Waals surface area contributed by atoms with Crippen LogP contribution in [0.3, 0.4) is 0 Å². The van der Waals surface area contributed by atoms with E-state index in [1.807, 2.05) is 0 Å². The van der Waals surface area contributed by atoms with Gasteiger partial charge in [0, 0.05) is 11.9 Å². The molecule has 1 fully saturated rings. The highest BCUT2D eigenvalue weighted by molar-refractivity contribution is 7.90. The Bertz CT molecular complexity index is 551. The third-order valence-corrected chi connectivity index (χ3v) is 3.78. The van der Waals surface area contributed by atoms with Gasteiger partial charge in [-0.1, -0.05) is 0 Å². The summed E-state index contributed by atoms with van der Waals surface area (Å²) in [5.74, 6) is 0. The monoisotopic (exact) mass is 271 g/mol. The molecule has 0 saturated carbocycles. The van der Waals surface area contributed by atoms with E-state index in [1.54, 1.807) is 0 Å². The van der Waals surface area contributed by atoms with Gasteiger partial charge < -0.3 is 9.84 Å². The molecule has 1 aliphatic heterocycles. The number of ether oxygens (including phenoxy) is 1. The first kappa shape index (κ1) is 12.8. The highest BCUT2D eigenvalue weighted by Gasteiger charge is 2.31. The number of sulfone groups is 1. The molecule has 1 aromatic carbocycles. The van der Waals surface area contributed by atoms with Gasteiger partial charge >= 0.3 is 6.09 Å². The number of carbonyl (C=O) groups excluding carboxylic acids is 1. The quantitative estimate of drug-likeness (QED) is 0.860. The number of anilines is 1. The average molecular weight is 271 g/mol. The van der Waals surface area contributed by atoms with Crippen LogP contribution in [0.1, 0.15) is 0 Å². The fourth-order valence-electron chi connectivity index (χ4n) is 1.70. The van der Waals surface area contributed by atoms with Crippen LogP contribution < -0.4 is 4.90 Å². The predicted octanol–water partition coefficient (Wildman–Crippen LogP) is 0.408. The molecule has 1 aromatic rings. The second-order valence-corrected chi connectivity index (χ2v) is 6.08. The van der Waals surface area contributed by atoms with E-state index in [4.69, 9.17) is 9.84 Å². The van der Waals surface area contributed by atoms with Gasteiger partial charge in [0.05, 0.1) is 18.0 Å². The van der Waals surface area contributed by atoms with Crippen LogP contribution in [0.2, 0.25) is 0 Å². The van der Waals surface area contributed by atoms with Crippen LogP contribution >= 0.6 is 0 Å². The molecule has 98 valence electrons. The number of amides is 1. The molecular weight excluding hydrogens is 258 g/mol. The first-order valence-corrected chi connectivity index (χ1v) is 7.20. The molecule has 1 saturated heterocycles. The Hall–Kier alpha value is -1.60. The lowest BCUT2D eigenvalue weighted by atomic mass is 10.3. The second-order valence-electron chi connectivity index (χ2n) is 4.07. The lowest BCUT2D eigenvalue weighted by Gasteiger charge is -2.12. The second kappa shape index (κ2) is 4.58. The van der Waals surface area contributed by atoms with Crippen LogP contribution in [-0.4, -0.2) is 45.1 Å². The molecule has 0 aromatic heterocycles. The van der Waals surface area contributed by atoms with Gasteiger partial charge in [-0.05, 0) is 24.3 Å². The van der Waals surface area contributed by atoms with Crippen molar-refractivity contribution in [1.82, 2.24) is 0 Å². The zero-order valence-electron chi connectivity index (χ0n) is 9.74. The lowest BCUT2D eigenvalue weighted by molar-refractivity contribution is 0.0963. The van der Waals surface area contributed by atoms with E-state index in [9.17, 15) is 13.2 Å². The van der Waals surface area contributed by atoms with E-state index in [2.05, 4.69) is 0 Å². The molecule has 7 heteroatoms. The van der Waals surface area contributed by atoms with Gasteiger partial charge in [-0.3, -0.25) is 4.90 Å². The Morgan fingerprint density at radius 2 is 2.00 bits per heavy atom. The normalized spacial score (nSPS) is 20.0. The molecule has 1 heterocycles. The van der Waals surface area contributed by atoms with Crippen molar-refractivity contribution in [2.24, 2.45) is 0 Å². The van der Waals surface area contributed by atoms with Crippen LogP contribution in [0, 0.1) is 0 Å². The number of aliphatic hydroxyl groups excluding tert-OH is 1. The molecule has 2 rings (SSSR count). The zero-order valence-corrected chi connectivity index (χ0v) is 10.6. The third kappa shape index (κ3) is 2.46. The van der Waals surface area contributed by atoms with Crippen molar-refractivity contribution in [2.75, 3.05) is 24.3 Å². The van der Waals surface area contributed by atoms with E-state index < -0.39 is 22.0 Å². The summed E-state index contributed by atoms with van der Waals surface area (Å²) in [6.07, 6.45) is 0.0433. The number of benzene rings is 1. The molecule has 1 N–H and O–H groups in total. The van der Waals surface area contributed by atoms with E-state index in [0.29, 0.717) is 5.69 Å². The van der Waals surface area contributed by atoms with Gasteiger partial charge in [0.25, 0.3) is 0 Å². The summed E-state index contributed by atoms with van der Waals surface area (Å²) >= 11 is 0. The van der Waals surface area contributed by atoms with Crippen molar-refractivity contribution >= 4 is 21.6 Å². The Morgan fingerprint density at radius 1 is 1.39 bits per heavy atom. The Morgan fingerprint density at radius 3 is 2.44 bits per heavy atom. The fourth-order valence-corrected chi connectivity index (χ4v) is 2.33. The first-order valence-electron chi connectivity index (χ1n) is 5.31. The largest absolute Gasteiger partial charge is 0.441 e. The van der Waals surface area contributed by atoms with Crippen molar-refractivity contribution in [1.29, 1.82) is 0 Å². The number of carbonyl (C=O) groups is 1. The molecule has 0 unspecified atom stereocenters. The van der Waals surface area contributed by atoms with E-state index in [1.165, 1.54) is 29.2 Å². The SMILES string of the molecule is CS(=O)(=O)c1ccc(N2C[C@H](CO)OC2=O)cc1. The number of aliphatic hydroxyl groups is 1. The number of hydrogen-bond donors (Lipinski definition) is 1. The molecule has 0 radical (unpaired) electrons. The minimum atomic E-state index is -3.25. The number of cyclic esters (lactones) is 1.